The average Bonchev–Trinajstić information content (AvgIpc) is 3.29. The Morgan fingerprint density at radius 3 is 2.58 bits per heavy atom. The SMILES string of the molecule is CCC(C)C(NC(=O)c1ccc(OC)cc1OC)C(=O)Nc1nnc(-c2cccc(Br)c2)s1. The van der Waals surface area contributed by atoms with E-state index in [1.807, 2.05) is 38.1 Å². The van der Waals surface area contributed by atoms with Crippen molar-refractivity contribution >= 4 is 44.2 Å². The number of benzene rings is 2. The van der Waals surface area contributed by atoms with Crippen LogP contribution >= 0.6 is 27.3 Å². The molecule has 174 valence electrons. The molecule has 1 heterocycles. The maximum absolute atomic E-state index is 13.1. The first kappa shape index (κ1) is 24.7. The molecule has 0 saturated heterocycles. The normalized spacial score (nSPS) is 12.5. The van der Waals surface area contributed by atoms with E-state index in [0.717, 1.165) is 10.0 Å². The molecule has 8 nitrogen and oxygen atoms in total. The van der Waals surface area contributed by atoms with E-state index in [1.165, 1.54) is 25.6 Å². The number of halogens is 1. The number of hydrogen-bond donors (Lipinski definition) is 2. The predicted molar refractivity (Wildman–Crippen MR) is 132 cm³/mol. The highest BCUT2D eigenvalue weighted by Gasteiger charge is 2.28. The van der Waals surface area contributed by atoms with Crippen LogP contribution in [0.5, 0.6) is 11.5 Å². The zero-order chi connectivity index (χ0) is 24.0. The van der Waals surface area contributed by atoms with Crippen LogP contribution in [0.2, 0.25) is 0 Å². The fourth-order valence-electron chi connectivity index (χ4n) is 3.10. The lowest BCUT2D eigenvalue weighted by atomic mass is 9.98. The molecule has 3 aromatic rings. The molecule has 2 N–H and O–H groups in total. The molecule has 2 amide bonds. The first-order valence-corrected chi connectivity index (χ1v) is 11.9. The first-order chi connectivity index (χ1) is 15.9. The van der Waals surface area contributed by atoms with Crippen LogP contribution in [0, 0.1) is 5.92 Å². The van der Waals surface area contributed by atoms with Crippen molar-refractivity contribution < 1.29 is 19.1 Å². The zero-order valence-electron chi connectivity index (χ0n) is 18.7. The van der Waals surface area contributed by atoms with Gasteiger partial charge in [0, 0.05) is 16.1 Å². The largest absolute Gasteiger partial charge is 0.497 e. The van der Waals surface area contributed by atoms with Gasteiger partial charge in [0.25, 0.3) is 5.91 Å². The van der Waals surface area contributed by atoms with E-state index >= 15 is 0 Å². The summed E-state index contributed by atoms with van der Waals surface area (Å²) in [6.45, 7) is 3.87. The molecule has 0 fully saturated rings. The number of methoxy groups -OCH3 is 2. The van der Waals surface area contributed by atoms with Gasteiger partial charge in [-0.2, -0.15) is 0 Å². The van der Waals surface area contributed by atoms with Gasteiger partial charge in [0.2, 0.25) is 11.0 Å². The number of aromatic nitrogens is 2. The minimum atomic E-state index is -0.771. The number of carbonyl (C=O) groups excluding carboxylic acids is 2. The van der Waals surface area contributed by atoms with E-state index in [4.69, 9.17) is 9.47 Å². The van der Waals surface area contributed by atoms with Crippen LogP contribution in [0.1, 0.15) is 30.6 Å². The van der Waals surface area contributed by atoms with Gasteiger partial charge in [-0.25, -0.2) is 0 Å². The lowest BCUT2D eigenvalue weighted by Crippen LogP contribution is -2.47. The van der Waals surface area contributed by atoms with Crippen LogP contribution in [0.4, 0.5) is 5.13 Å². The van der Waals surface area contributed by atoms with Crippen molar-refractivity contribution in [3.05, 3.63) is 52.5 Å². The molecule has 2 unspecified atom stereocenters. The molecule has 1 aromatic heterocycles. The monoisotopic (exact) mass is 532 g/mol. The molecule has 0 bridgehead atoms. The molecule has 33 heavy (non-hydrogen) atoms. The van der Waals surface area contributed by atoms with Crippen molar-refractivity contribution in [1.82, 2.24) is 15.5 Å². The summed E-state index contributed by atoms with van der Waals surface area (Å²) >= 11 is 4.70. The molecule has 10 heteroatoms. The Morgan fingerprint density at radius 1 is 1.12 bits per heavy atom. The van der Waals surface area contributed by atoms with E-state index in [1.54, 1.807) is 18.2 Å². The lowest BCUT2D eigenvalue weighted by Gasteiger charge is -2.23. The predicted octanol–water partition coefficient (Wildman–Crippen LogP) is 4.77. The second-order valence-corrected chi connectivity index (χ2v) is 9.21. The first-order valence-electron chi connectivity index (χ1n) is 10.3. The van der Waals surface area contributed by atoms with Gasteiger partial charge in [-0.3, -0.25) is 14.9 Å². The average molecular weight is 533 g/mol. The van der Waals surface area contributed by atoms with Crippen LogP contribution in [-0.2, 0) is 4.79 Å². The van der Waals surface area contributed by atoms with Crippen molar-refractivity contribution in [2.75, 3.05) is 19.5 Å². The van der Waals surface area contributed by atoms with Crippen molar-refractivity contribution in [2.45, 2.75) is 26.3 Å². The minimum absolute atomic E-state index is 0.115. The number of nitrogens with zero attached hydrogens (tertiary/aromatic N) is 2. The summed E-state index contributed by atoms with van der Waals surface area (Å²) < 4.78 is 11.4. The molecule has 0 spiro atoms. The Hall–Kier alpha value is -2.98. The van der Waals surface area contributed by atoms with Crippen LogP contribution in [0.15, 0.2) is 46.9 Å². The van der Waals surface area contributed by atoms with Crippen LogP contribution in [0.3, 0.4) is 0 Å². The number of rotatable bonds is 9. The van der Waals surface area contributed by atoms with Crippen LogP contribution < -0.4 is 20.1 Å². The molecule has 0 aliphatic rings. The number of anilines is 1. The third kappa shape index (κ3) is 6.08. The summed E-state index contributed by atoms with van der Waals surface area (Å²) in [5.41, 5.74) is 1.20. The molecule has 0 aliphatic carbocycles. The smallest absolute Gasteiger partial charge is 0.255 e. The van der Waals surface area contributed by atoms with Gasteiger partial charge in [-0.15, -0.1) is 10.2 Å². The Labute approximate surface area is 204 Å². The number of nitrogens with one attached hydrogen (secondary N) is 2. The van der Waals surface area contributed by atoms with E-state index in [0.29, 0.717) is 33.6 Å². The maximum atomic E-state index is 13.1. The summed E-state index contributed by atoms with van der Waals surface area (Å²) in [7, 11) is 3.01. The van der Waals surface area contributed by atoms with E-state index in [-0.39, 0.29) is 11.8 Å². The van der Waals surface area contributed by atoms with Gasteiger partial charge in [-0.1, -0.05) is 59.7 Å². The summed E-state index contributed by atoms with van der Waals surface area (Å²) in [4.78, 5) is 26.1. The van der Waals surface area contributed by atoms with Crippen molar-refractivity contribution in [3.8, 4) is 22.1 Å². The van der Waals surface area contributed by atoms with Crippen LogP contribution in [-0.4, -0.2) is 42.3 Å². The molecule has 2 aromatic carbocycles. The van der Waals surface area contributed by atoms with Crippen molar-refractivity contribution in [3.63, 3.8) is 0 Å². The minimum Gasteiger partial charge on any atom is -0.497 e. The molecule has 0 aliphatic heterocycles. The van der Waals surface area contributed by atoms with Gasteiger partial charge in [0.05, 0.1) is 19.8 Å². The molecular formula is C23H25BrN4O4S. The quantitative estimate of drug-likeness (QED) is 0.411. The highest BCUT2D eigenvalue weighted by Crippen LogP contribution is 2.29. The Morgan fingerprint density at radius 2 is 1.91 bits per heavy atom. The van der Waals surface area contributed by atoms with Gasteiger partial charge in [0.1, 0.15) is 22.5 Å². The third-order valence-electron chi connectivity index (χ3n) is 5.16. The second-order valence-electron chi connectivity index (χ2n) is 7.31. The van der Waals surface area contributed by atoms with E-state index in [2.05, 4.69) is 36.8 Å². The lowest BCUT2D eigenvalue weighted by molar-refractivity contribution is -0.119. The summed E-state index contributed by atoms with van der Waals surface area (Å²) in [6, 6.07) is 11.8. The Balaban J connectivity index is 1.77. The zero-order valence-corrected chi connectivity index (χ0v) is 21.1. The highest BCUT2D eigenvalue weighted by molar-refractivity contribution is 9.10. The molecule has 2 atom stereocenters. The van der Waals surface area contributed by atoms with Crippen molar-refractivity contribution in [1.29, 1.82) is 0 Å². The van der Waals surface area contributed by atoms with E-state index in [9.17, 15) is 9.59 Å². The van der Waals surface area contributed by atoms with Crippen molar-refractivity contribution in [2.24, 2.45) is 5.92 Å². The summed E-state index contributed by atoms with van der Waals surface area (Å²) in [5, 5.41) is 14.9. The van der Waals surface area contributed by atoms with Gasteiger partial charge in [0.15, 0.2) is 0 Å². The second kappa shape index (κ2) is 11.2. The number of carbonyl (C=O) groups is 2. The van der Waals surface area contributed by atoms with Gasteiger partial charge < -0.3 is 14.8 Å². The highest BCUT2D eigenvalue weighted by atomic mass is 79.9. The molecule has 3 rings (SSSR count). The molecule has 0 radical (unpaired) electrons. The van der Waals surface area contributed by atoms with Crippen LogP contribution in [0.25, 0.3) is 10.6 Å². The molecule has 0 saturated carbocycles. The molecular weight excluding hydrogens is 508 g/mol. The number of hydrogen-bond acceptors (Lipinski definition) is 7. The van der Waals surface area contributed by atoms with E-state index < -0.39 is 11.9 Å². The Bertz CT molecular complexity index is 1140. The standard InChI is InChI=1S/C23H25BrN4O4S/c1-5-13(2)19(25-20(29)17-10-9-16(31-3)12-18(17)32-4)21(30)26-23-28-27-22(33-23)14-7-6-8-15(24)11-14/h6-13,19H,5H2,1-4H3,(H,25,29)(H,26,28,30). The summed E-state index contributed by atoms with van der Waals surface area (Å²) in [6.07, 6.45) is 0.692. The van der Waals surface area contributed by atoms with Gasteiger partial charge in [-0.05, 0) is 30.2 Å². The Kier molecular flexibility index (Phi) is 8.40. The van der Waals surface area contributed by atoms with Gasteiger partial charge >= 0.3 is 0 Å². The summed E-state index contributed by atoms with van der Waals surface area (Å²) in [5.74, 6) is 0.0370. The number of amides is 2. The topological polar surface area (TPSA) is 102 Å². The number of ether oxygens (including phenoxy) is 2. The fraction of sp³-hybridized carbons (Fsp3) is 0.304. The third-order valence-corrected chi connectivity index (χ3v) is 6.54. The fourth-order valence-corrected chi connectivity index (χ4v) is 4.24. The maximum Gasteiger partial charge on any atom is 0.255 e.